The van der Waals surface area contributed by atoms with Gasteiger partial charge in [0.25, 0.3) is 0 Å². The molecule has 0 bridgehead atoms. The molecule has 0 aliphatic heterocycles. The van der Waals surface area contributed by atoms with Crippen molar-refractivity contribution in [2.45, 2.75) is 13.0 Å². The van der Waals surface area contributed by atoms with Gasteiger partial charge in [-0.2, -0.15) is 0 Å². The Morgan fingerprint density at radius 2 is 2.33 bits per heavy atom. The van der Waals surface area contributed by atoms with Crippen LogP contribution in [0, 0.1) is 0 Å². The summed E-state index contributed by atoms with van der Waals surface area (Å²) in [4.78, 5) is 1.82. The van der Waals surface area contributed by atoms with Crippen molar-refractivity contribution in [3.63, 3.8) is 0 Å². The van der Waals surface area contributed by atoms with Crippen LogP contribution < -0.4 is 4.90 Å². The number of hydrogen-bond donors (Lipinski definition) is 1. The highest BCUT2D eigenvalue weighted by Gasteiger charge is 2.13. The quantitative estimate of drug-likeness (QED) is 0.633. The highest BCUT2D eigenvalue weighted by Crippen LogP contribution is 2.07. The fraction of sp³-hybridized carbons (Fsp3) is 0.833. The van der Waals surface area contributed by atoms with Crippen LogP contribution >= 0.6 is 0 Å². The minimum atomic E-state index is 0.0229. The van der Waals surface area contributed by atoms with Crippen LogP contribution in [0.4, 0.5) is 5.95 Å². The van der Waals surface area contributed by atoms with Gasteiger partial charge in [0.2, 0.25) is 5.95 Å². The zero-order valence-electron chi connectivity index (χ0n) is 7.47. The van der Waals surface area contributed by atoms with E-state index in [4.69, 9.17) is 5.11 Å². The van der Waals surface area contributed by atoms with E-state index in [1.807, 2.05) is 18.9 Å². The Morgan fingerprint density at radius 1 is 1.67 bits per heavy atom. The topological polar surface area (TPSA) is 67.1 Å². The summed E-state index contributed by atoms with van der Waals surface area (Å²) in [6.45, 7) is 1.98. The second-order valence-corrected chi connectivity index (χ2v) is 2.74. The van der Waals surface area contributed by atoms with E-state index in [9.17, 15) is 0 Å². The Morgan fingerprint density at radius 3 is 2.75 bits per heavy atom. The Kier molecular flexibility index (Phi) is 2.59. The minimum absolute atomic E-state index is 0.0229. The van der Waals surface area contributed by atoms with Gasteiger partial charge in [-0.05, 0) is 17.4 Å². The summed E-state index contributed by atoms with van der Waals surface area (Å²) < 4.78 is 1.56. The zero-order valence-corrected chi connectivity index (χ0v) is 7.47. The summed E-state index contributed by atoms with van der Waals surface area (Å²) >= 11 is 0. The lowest BCUT2D eigenvalue weighted by Crippen LogP contribution is -2.33. The maximum Gasteiger partial charge on any atom is 0.245 e. The standard InChI is InChI=1S/C6H13N5O/c1-5(4-12)10(2)6-7-8-9-11(6)3/h5,12H,4H2,1-3H3. The van der Waals surface area contributed by atoms with Crippen molar-refractivity contribution in [2.24, 2.45) is 7.05 Å². The molecule has 0 aliphatic carbocycles. The molecule has 1 N–H and O–H groups in total. The number of aliphatic hydroxyl groups excluding tert-OH is 1. The van der Waals surface area contributed by atoms with Crippen molar-refractivity contribution >= 4 is 5.95 Å². The van der Waals surface area contributed by atoms with E-state index in [2.05, 4.69) is 15.5 Å². The van der Waals surface area contributed by atoms with Crippen LogP contribution in [0.3, 0.4) is 0 Å². The number of rotatable bonds is 3. The molecule has 0 saturated carbocycles. The molecular weight excluding hydrogens is 158 g/mol. The largest absolute Gasteiger partial charge is 0.394 e. The SMILES string of the molecule is CC(CO)N(C)c1nnnn1C. The Balaban J connectivity index is 2.77. The lowest BCUT2D eigenvalue weighted by molar-refractivity contribution is 0.269. The van der Waals surface area contributed by atoms with Gasteiger partial charge in [0.1, 0.15) is 0 Å². The van der Waals surface area contributed by atoms with Gasteiger partial charge in [-0.25, -0.2) is 4.68 Å². The second kappa shape index (κ2) is 3.48. The molecule has 0 saturated heterocycles. The first kappa shape index (κ1) is 8.92. The van der Waals surface area contributed by atoms with Crippen LogP contribution in [0.25, 0.3) is 0 Å². The van der Waals surface area contributed by atoms with Gasteiger partial charge in [-0.15, -0.1) is 0 Å². The van der Waals surface area contributed by atoms with Gasteiger partial charge < -0.3 is 10.0 Å². The van der Waals surface area contributed by atoms with Crippen molar-refractivity contribution < 1.29 is 5.11 Å². The number of aryl methyl sites for hydroxylation is 1. The maximum atomic E-state index is 8.88. The van der Waals surface area contributed by atoms with E-state index >= 15 is 0 Å². The normalized spacial score (nSPS) is 13.0. The number of tetrazole rings is 1. The van der Waals surface area contributed by atoms with Gasteiger partial charge in [0, 0.05) is 14.1 Å². The van der Waals surface area contributed by atoms with Crippen molar-refractivity contribution in [2.75, 3.05) is 18.6 Å². The highest BCUT2D eigenvalue weighted by atomic mass is 16.3. The minimum Gasteiger partial charge on any atom is -0.394 e. The van der Waals surface area contributed by atoms with E-state index in [1.54, 1.807) is 11.7 Å². The summed E-state index contributed by atoms with van der Waals surface area (Å²) in [6, 6.07) is 0.0229. The van der Waals surface area contributed by atoms with Gasteiger partial charge in [0.15, 0.2) is 0 Å². The fourth-order valence-electron chi connectivity index (χ4n) is 0.843. The molecule has 0 amide bonds. The molecule has 1 aromatic heterocycles. The number of likely N-dealkylation sites (N-methyl/N-ethyl adjacent to an activating group) is 1. The van der Waals surface area contributed by atoms with Gasteiger partial charge in [0.05, 0.1) is 12.6 Å². The highest BCUT2D eigenvalue weighted by molar-refractivity contribution is 5.27. The molecule has 1 unspecified atom stereocenters. The molecule has 0 radical (unpaired) electrons. The first-order valence-corrected chi connectivity index (χ1v) is 3.73. The Labute approximate surface area is 70.8 Å². The molecule has 0 fully saturated rings. The van der Waals surface area contributed by atoms with Crippen LogP contribution in [0.5, 0.6) is 0 Å². The van der Waals surface area contributed by atoms with Crippen molar-refractivity contribution in [3.8, 4) is 0 Å². The lowest BCUT2D eigenvalue weighted by atomic mass is 10.3. The summed E-state index contributed by atoms with van der Waals surface area (Å²) in [5.41, 5.74) is 0. The second-order valence-electron chi connectivity index (χ2n) is 2.74. The predicted molar refractivity (Wildman–Crippen MR) is 43.7 cm³/mol. The molecule has 0 aromatic carbocycles. The van der Waals surface area contributed by atoms with E-state index in [0.29, 0.717) is 5.95 Å². The molecule has 6 nitrogen and oxygen atoms in total. The number of anilines is 1. The summed E-state index contributed by atoms with van der Waals surface area (Å²) in [5.74, 6) is 0.650. The van der Waals surface area contributed by atoms with Crippen molar-refractivity contribution in [1.29, 1.82) is 0 Å². The molecule has 6 heteroatoms. The van der Waals surface area contributed by atoms with Crippen LogP contribution in [-0.4, -0.2) is 45.0 Å². The number of nitrogens with zero attached hydrogens (tertiary/aromatic N) is 5. The average Bonchev–Trinajstić information content (AvgIpc) is 2.48. The Bertz CT molecular complexity index is 248. The van der Waals surface area contributed by atoms with Crippen LogP contribution in [0.2, 0.25) is 0 Å². The molecule has 1 heterocycles. The molecule has 1 rings (SSSR count). The summed E-state index contributed by atoms with van der Waals surface area (Å²) in [5, 5.41) is 19.9. The first-order valence-electron chi connectivity index (χ1n) is 3.73. The molecular formula is C6H13N5O. The maximum absolute atomic E-state index is 8.88. The third-order valence-electron chi connectivity index (χ3n) is 1.84. The summed E-state index contributed by atoms with van der Waals surface area (Å²) in [6.07, 6.45) is 0. The molecule has 1 aromatic rings. The van der Waals surface area contributed by atoms with Gasteiger partial charge >= 0.3 is 0 Å². The molecule has 12 heavy (non-hydrogen) atoms. The number of hydrogen-bond acceptors (Lipinski definition) is 5. The van der Waals surface area contributed by atoms with Crippen LogP contribution in [-0.2, 0) is 7.05 Å². The third kappa shape index (κ3) is 1.53. The predicted octanol–water partition coefficient (Wildman–Crippen LogP) is -0.973. The van der Waals surface area contributed by atoms with E-state index in [1.165, 1.54) is 0 Å². The number of aromatic nitrogens is 4. The van der Waals surface area contributed by atoms with Gasteiger partial charge in [-0.1, -0.05) is 5.10 Å². The molecule has 0 aliphatic rings. The van der Waals surface area contributed by atoms with Crippen molar-refractivity contribution in [1.82, 2.24) is 20.2 Å². The zero-order chi connectivity index (χ0) is 9.14. The van der Waals surface area contributed by atoms with E-state index in [0.717, 1.165) is 0 Å². The Hall–Kier alpha value is -1.17. The fourth-order valence-corrected chi connectivity index (χ4v) is 0.843. The van der Waals surface area contributed by atoms with Crippen molar-refractivity contribution in [3.05, 3.63) is 0 Å². The molecule has 0 spiro atoms. The smallest absolute Gasteiger partial charge is 0.245 e. The third-order valence-corrected chi connectivity index (χ3v) is 1.84. The average molecular weight is 171 g/mol. The number of aliphatic hydroxyl groups is 1. The van der Waals surface area contributed by atoms with E-state index in [-0.39, 0.29) is 12.6 Å². The van der Waals surface area contributed by atoms with Crippen LogP contribution in [0.1, 0.15) is 6.92 Å². The van der Waals surface area contributed by atoms with Gasteiger partial charge in [-0.3, -0.25) is 0 Å². The first-order chi connectivity index (χ1) is 5.66. The lowest BCUT2D eigenvalue weighted by Gasteiger charge is -2.22. The summed E-state index contributed by atoms with van der Waals surface area (Å²) in [7, 11) is 3.60. The van der Waals surface area contributed by atoms with Crippen LogP contribution in [0.15, 0.2) is 0 Å². The molecule has 1 atom stereocenters. The molecule has 68 valence electrons. The monoisotopic (exact) mass is 171 g/mol. The van der Waals surface area contributed by atoms with E-state index < -0.39 is 0 Å².